The van der Waals surface area contributed by atoms with Crippen molar-refractivity contribution in [3.8, 4) is 0 Å². The van der Waals surface area contributed by atoms with E-state index in [9.17, 15) is 19.2 Å². The Morgan fingerprint density at radius 1 is 0.833 bits per heavy atom. The van der Waals surface area contributed by atoms with E-state index in [-0.39, 0.29) is 19.3 Å². The van der Waals surface area contributed by atoms with Gasteiger partial charge in [-0.3, -0.25) is 19.2 Å². The molecule has 3 aromatic heterocycles. The fraction of sp³-hybridized carbons (Fsp3) is 0.324. The third-order valence-corrected chi connectivity index (χ3v) is 10.5. The number of nitrogens with two attached hydrogens (primary N) is 2. The topological polar surface area (TPSA) is 197 Å². The van der Waals surface area contributed by atoms with Crippen molar-refractivity contribution in [2.24, 2.45) is 11.5 Å². The number of thiophene rings is 1. The second-order valence-corrected chi connectivity index (χ2v) is 13.8. The summed E-state index contributed by atoms with van der Waals surface area (Å²) in [4.78, 5) is 61.7. The van der Waals surface area contributed by atoms with Gasteiger partial charge in [-0.15, -0.1) is 22.7 Å². The van der Waals surface area contributed by atoms with Crippen LogP contribution in [0.3, 0.4) is 0 Å². The number of primary amides is 1. The molecular weight excluding hydrogens is 649 g/mol. The molecule has 14 heteroatoms. The third kappa shape index (κ3) is 7.57. The van der Waals surface area contributed by atoms with Gasteiger partial charge < -0.3 is 37.7 Å². The number of carbonyl (C=O) groups is 4. The SMILES string of the molecule is NC(=O)[C@H](Cc1cscn1)NC(=O)[C@@H](Cc1c[nH]c2ccccc12)NC(=O)[C@@H](Cc1csc2ccccc12)NC(=O)C1(N)CCNCC1. The van der Waals surface area contributed by atoms with Crippen molar-refractivity contribution < 1.29 is 19.2 Å². The van der Waals surface area contributed by atoms with E-state index >= 15 is 0 Å². The lowest BCUT2D eigenvalue weighted by Crippen LogP contribution is -2.63. The predicted octanol–water partition coefficient (Wildman–Crippen LogP) is 1.89. The first-order valence-corrected chi connectivity index (χ1v) is 17.6. The van der Waals surface area contributed by atoms with Gasteiger partial charge in [0, 0.05) is 46.4 Å². The summed E-state index contributed by atoms with van der Waals surface area (Å²) in [5.74, 6) is -2.28. The summed E-state index contributed by atoms with van der Waals surface area (Å²) in [6.07, 6.45) is 3.05. The lowest BCUT2D eigenvalue weighted by Gasteiger charge is -2.34. The molecule has 4 heterocycles. The Morgan fingerprint density at radius 2 is 1.50 bits per heavy atom. The number of amides is 4. The van der Waals surface area contributed by atoms with Crippen molar-refractivity contribution in [2.75, 3.05) is 13.1 Å². The second-order valence-electron chi connectivity index (χ2n) is 12.2. The Morgan fingerprint density at radius 3 is 2.23 bits per heavy atom. The zero-order chi connectivity index (χ0) is 33.7. The smallest absolute Gasteiger partial charge is 0.243 e. The van der Waals surface area contributed by atoms with Crippen LogP contribution in [0, 0.1) is 0 Å². The lowest BCUT2D eigenvalue weighted by atomic mass is 9.88. The Hall–Kier alpha value is -4.63. The Kier molecular flexibility index (Phi) is 10.2. The molecule has 3 atom stereocenters. The van der Waals surface area contributed by atoms with Gasteiger partial charge >= 0.3 is 0 Å². The standard InChI is InChI=1S/C34H38N8O4S2/c35-30(43)26(15-22-18-47-19-39-22)40-31(44)27(13-20-16-38-25-7-3-1-5-23(20)25)41-32(45)28(42-33(46)34(36)9-11-37-12-10-34)14-21-17-48-29-8-4-2-6-24(21)29/h1-8,16-19,26-28,37-38H,9-15,36H2,(H2,35,43)(H,40,44)(H,41,45)(H,42,46)/t26-,27+,28+/m0/s1. The molecule has 0 aliphatic carbocycles. The number of hydrogen-bond donors (Lipinski definition) is 7. The van der Waals surface area contributed by atoms with Gasteiger partial charge in [0.05, 0.1) is 16.7 Å². The molecule has 1 saturated heterocycles. The first-order valence-electron chi connectivity index (χ1n) is 15.8. The van der Waals surface area contributed by atoms with Gasteiger partial charge in [0.25, 0.3) is 0 Å². The number of thiazole rings is 1. The fourth-order valence-corrected chi connectivity index (χ4v) is 7.61. The number of hydrogen-bond acceptors (Lipinski definition) is 9. The normalized spacial score (nSPS) is 16.2. The molecule has 9 N–H and O–H groups in total. The van der Waals surface area contributed by atoms with E-state index in [0.29, 0.717) is 31.6 Å². The minimum absolute atomic E-state index is 0.107. The molecule has 0 unspecified atom stereocenters. The fourth-order valence-electron chi connectivity index (χ4n) is 6.07. The molecule has 48 heavy (non-hydrogen) atoms. The number of aromatic nitrogens is 2. The van der Waals surface area contributed by atoms with Gasteiger partial charge in [-0.25, -0.2) is 4.98 Å². The van der Waals surface area contributed by atoms with Gasteiger partial charge in [0.15, 0.2) is 0 Å². The summed E-state index contributed by atoms with van der Waals surface area (Å²) in [5.41, 5.74) is 15.9. The van der Waals surface area contributed by atoms with Gasteiger partial charge in [0.2, 0.25) is 23.6 Å². The number of para-hydroxylation sites is 1. The van der Waals surface area contributed by atoms with Crippen LogP contribution in [0.2, 0.25) is 0 Å². The molecule has 0 spiro atoms. The van der Waals surface area contributed by atoms with E-state index in [1.54, 1.807) is 28.4 Å². The number of H-pyrrole nitrogens is 1. The highest BCUT2D eigenvalue weighted by Gasteiger charge is 2.38. The lowest BCUT2D eigenvalue weighted by molar-refractivity contribution is -0.134. The summed E-state index contributed by atoms with van der Waals surface area (Å²) >= 11 is 2.92. The minimum Gasteiger partial charge on any atom is -0.368 e. The zero-order valence-corrected chi connectivity index (χ0v) is 27.8. The summed E-state index contributed by atoms with van der Waals surface area (Å²) < 4.78 is 1.06. The number of fused-ring (bicyclic) bond motifs is 2. The number of nitrogens with one attached hydrogen (secondary N) is 5. The van der Waals surface area contributed by atoms with Gasteiger partial charge in [-0.1, -0.05) is 36.4 Å². The van der Waals surface area contributed by atoms with Crippen molar-refractivity contribution in [3.05, 3.63) is 87.8 Å². The summed E-state index contributed by atoms with van der Waals surface area (Å²) in [6.45, 7) is 1.18. The molecule has 0 saturated carbocycles. The van der Waals surface area contributed by atoms with E-state index in [2.05, 4.69) is 31.2 Å². The van der Waals surface area contributed by atoms with Gasteiger partial charge in [0.1, 0.15) is 18.1 Å². The number of aromatic amines is 1. The molecular formula is C34H38N8O4S2. The Bertz CT molecular complexity index is 1910. The number of piperidine rings is 1. The van der Waals surface area contributed by atoms with E-state index in [1.165, 1.54) is 11.3 Å². The van der Waals surface area contributed by atoms with Crippen molar-refractivity contribution >= 4 is 67.3 Å². The molecule has 5 aromatic rings. The van der Waals surface area contributed by atoms with Gasteiger partial charge in [-0.2, -0.15) is 0 Å². The Balaban J connectivity index is 1.29. The molecule has 1 aliphatic rings. The first kappa shape index (κ1) is 33.3. The van der Waals surface area contributed by atoms with E-state index in [1.807, 2.05) is 53.9 Å². The quantitative estimate of drug-likeness (QED) is 0.0982. The van der Waals surface area contributed by atoms with E-state index < -0.39 is 47.3 Å². The van der Waals surface area contributed by atoms with Crippen molar-refractivity contribution in [2.45, 2.75) is 55.8 Å². The maximum absolute atomic E-state index is 14.2. The molecule has 0 radical (unpaired) electrons. The predicted molar refractivity (Wildman–Crippen MR) is 187 cm³/mol. The van der Waals surface area contributed by atoms with Crippen molar-refractivity contribution in [3.63, 3.8) is 0 Å². The van der Waals surface area contributed by atoms with Crippen molar-refractivity contribution in [1.29, 1.82) is 0 Å². The molecule has 0 bridgehead atoms. The highest BCUT2D eigenvalue weighted by atomic mass is 32.1. The largest absolute Gasteiger partial charge is 0.368 e. The zero-order valence-electron chi connectivity index (χ0n) is 26.2. The number of rotatable bonds is 13. The summed E-state index contributed by atoms with van der Waals surface area (Å²) in [6, 6.07) is 12.3. The Labute approximate surface area is 285 Å². The molecule has 1 aliphatic heterocycles. The summed E-state index contributed by atoms with van der Waals surface area (Å²) in [7, 11) is 0. The van der Waals surface area contributed by atoms with E-state index in [4.69, 9.17) is 11.5 Å². The van der Waals surface area contributed by atoms with Gasteiger partial charge in [-0.05, 0) is 60.0 Å². The molecule has 250 valence electrons. The monoisotopic (exact) mass is 686 g/mol. The highest BCUT2D eigenvalue weighted by molar-refractivity contribution is 7.17. The van der Waals surface area contributed by atoms with E-state index in [0.717, 1.165) is 32.1 Å². The maximum Gasteiger partial charge on any atom is 0.243 e. The van der Waals surface area contributed by atoms with Crippen LogP contribution in [0.4, 0.5) is 0 Å². The third-order valence-electron chi connectivity index (χ3n) is 8.84. The average Bonchev–Trinajstić information content (AvgIpc) is 3.85. The first-order chi connectivity index (χ1) is 23.2. The molecule has 12 nitrogen and oxygen atoms in total. The number of carbonyl (C=O) groups excluding carboxylic acids is 4. The molecule has 1 fully saturated rings. The van der Waals surface area contributed by atoms with Crippen LogP contribution in [0.25, 0.3) is 21.0 Å². The van der Waals surface area contributed by atoms with Crippen LogP contribution >= 0.6 is 22.7 Å². The number of benzene rings is 2. The molecule has 4 amide bonds. The van der Waals surface area contributed by atoms with Crippen LogP contribution in [0.5, 0.6) is 0 Å². The van der Waals surface area contributed by atoms with Crippen LogP contribution in [0.1, 0.15) is 29.7 Å². The van der Waals surface area contributed by atoms with Crippen LogP contribution < -0.4 is 32.7 Å². The summed E-state index contributed by atoms with van der Waals surface area (Å²) in [5, 5.41) is 17.4. The molecule has 2 aromatic carbocycles. The van der Waals surface area contributed by atoms with Crippen molar-refractivity contribution in [1.82, 2.24) is 31.2 Å². The van der Waals surface area contributed by atoms with Crippen LogP contribution in [-0.2, 0) is 38.4 Å². The number of nitrogens with zero attached hydrogens (tertiary/aromatic N) is 1. The average molecular weight is 687 g/mol. The maximum atomic E-state index is 14.2. The highest BCUT2D eigenvalue weighted by Crippen LogP contribution is 2.27. The molecule has 6 rings (SSSR count). The van der Waals surface area contributed by atoms with Crippen LogP contribution in [-0.4, -0.2) is 70.4 Å². The second kappa shape index (κ2) is 14.6. The minimum atomic E-state index is -1.13. The van der Waals surface area contributed by atoms with Crippen LogP contribution in [0.15, 0.2) is 71.0 Å².